The Bertz CT molecular complexity index is 857. The maximum Gasteiger partial charge on any atom is 0.449 e. The highest BCUT2D eigenvalue weighted by Crippen LogP contribution is 2.61. The summed E-state index contributed by atoms with van der Waals surface area (Å²) < 4.78 is 59.5. The van der Waals surface area contributed by atoms with Gasteiger partial charge in [-0.1, -0.05) is 37.3 Å². The molecule has 4 aliphatic heterocycles. The van der Waals surface area contributed by atoms with Gasteiger partial charge in [0, 0.05) is 23.8 Å². The van der Waals surface area contributed by atoms with Crippen molar-refractivity contribution in [2.45, 2.75) is 70.0 Å². The molecule has 3 saturated heterocycles. The van der Waals surface area contributed by atoms with Crippen molar-refractivity contribution in [3.05, 3.63) is 47.2 Å². The van der Waals surface area contributed by atoms with Gasteiger partial charge < -0.3 is 14.2 Å². The van der Waals surface area contributed by atoms with Crippen LogP contribution in [-0.2, 0) is 30.6 Å². The van der Waals surface area contributed by atoms with Crippen LogP contribution in [0.25, 0.3) is 0 Å². The SMILES string of the molecule is C[C@@H]1CC[C@H]2C(COCc3ccccc3)=C(C(F)(F)F)O[C@@H]3O[C@]4(C)CC[C@@H]1[C@]32OO4. The van der Waals surface area contributed by atoms with Gasteiger partial charge in [-0.05, 0) is 37.7 Å². The third kappa shape index (κ3) is 3.48. The normalized spacial score (nSPS) is 39.6. The number of ether oxygens (including phenoxy) is 3. The molecule has 0 aromatic heterocycles. The van der Waals surface area contributed by atoms with E-state index < -0.39 is 35.5 Å². The molecule has 1 aliphatic carbocycles. The average Bonchev–Trinajstić information content (AvgIpc) is 2.96. The summed E-state index contributed by atoms with van der Waals surface area (Å²) >= 11 is 0. The molecule has 1 spiro atoms. The molecular weight excluding hydrogens is 413 g/mol. The first kappa shape index (κ1) is 21.2. The zero-order valence-electron chi connectivity index (χ0n) is 17.6. The van der Waals surface area contributed by atoms with E-state index in [1.54, 1.807) is 6.92 Å². The second kappa shape index (κ2) is 7.47. The second-order valence-corrected chi connectivity index (χ2v) is 9.30. The Kier molecular flexibility index (Phi) is 5.12. The number of rotatable bonds is 4. The van der Waals surface area contributed by atoms with E-state index in [2.05, 4.69) is 6.92 Å². The van der Waals surface area contributed by atoms with E-state index in [-0.39, 0.29) is 30.6 Å². The van der Waals surface area contributed by atoms with Gasteiger partial charge in [-0.2, -0.15) is 13.2 Å². The van der Waals surface area contributed by atoms with Crippen molar-refractivity contribution in [2.75, 3.05) is 6.61 Å². The van der Waals surface area contributed by atoms with E-state index in [0.717, 1.165) is 18.4 Å². The van der Waals surface area contributed by atoms with Gasteiger partial charge in [-0.3, -0.25) is 0 Å². The Balaban J connectivity index is 1.51. The van der Waals surface area contributed by atoms with E-state index in [1.165, 1.54) is 0 Å². The lowest BCUT2D eigenvalue weighted by Gasteiger charge is -2.57. The van der Waals surface area contributed by atoms with Gasteiger partial charge in [0.2, 0.25) is 17.8 Å². The number of hydrogen-bond acceptors (Lipinski definition) is 5. The molecule has 6 rings (SSSR count). The molecule has 0 N–H and O–H groups in total. The molecule has 170 valence electrons. The van der Waals surface area contributed by atoms with Gasteiger partial charge in [0.1, 0.15) is 0 Å². The van der Waals surface area contributed by atoms with Gasteiger partial charge in [0.25, 0.3) is 0 Å². The number of allylic oxidation sites excluding steroid dienone is 1. The highest BCUT2D eigenvalue weighted by atomic mass is 19.4. The molecular formula is C23H27F3O5. The van der Waals surface area contributed by atoms with Crippen LogP contribution in [0.5, 0.6) is 0 Å². The van der Waals surface area contributed by atoms with Crippen molar-refractivity contribution in [1.29, 1.82) is 0 Å². The number of alkyl halides is 3. The first-order valence-corrected chi connectivity index (χ1v) is 10.9. The van der Waals surface area contributed by atoms with Crippen LogP contribution in [0.1, 0.15) is 45.1 Å². The van der Waals surface area contributed by atoms with Crippen LogP contribution in [0.2, 0.25) is 0 Å². The average molecular weight is 440 g/mol. The summed E-state index contributed by atoms with van der Waals surface area (Å²) in [5.41, 5.74) is -0.118. The Morgan fingerprint density at radius 1 is 1.06 bits per heavy atom. The Labute approximate surface area is 179 Å². The van der Waals surface area contributed by atoms with E-state index in [0.29, 0.717) is 12.8 Å². The molecule has 4 heterocycles. The van der Waals surface area contributed by atoms with Crippen LogP contribution < -0.4 is 0 Å². The van der Waals surface area contributed by atoms with Crippen molar-refractivity contribution >= 4 is 0 Å². The smallest absolute Gasteiger partial charge is 0.449 e. The summed E-state index contributed by atoms with van der Waals surface area (Å²) in [7, 11) is 0. The van der Waals surface area contributed by atoms with Crippen molar-refractivity contribution in [3.63, 3.8) is 0 Å². The number of fused-ring (bicyclic) bond motifs is 2. The van der Waals surface area contributed by atoms with Crippen LogP contribution in [0.15, 0.2) is 41.7 Å². The molecule has 31 heavy (non-hydrogen) atoms. The van der Waals surface area contributed by atoms with Crippen molar-refractivity contribution < 1.29 is 37.2 Å². The molecule has 4 fully saturated rings. The summed E-state index contributed by atoms with van der Waals surface area (Å²) in [6.07, 6.45) is -3.20. The van der Waals surface area contributed by atoms with E-state index >= 15 is 0 Å². The van der Waals surface area contributed by atoms with Gasteiger partial charge in [-0.15, -0.1) is 0 Å². The standard InChI is InChI=1S/C23H27F3O5/c1-14-8-9-18-16(13-27-12-15-6-4-3-5-7-15)19(23(24,25)26)28-20-22(18)17(14)10-11-21(2,29-20)30-31-22/h3-7,14,17-18,20H,8-13H2,1-2H3/t14-,17+,18+,20-,21+,22-/m1/s1. The molecule has 1 aromatic rings. The topological polar surface area (TPSA) is 46.2 Å². The second-order valence-electron chi connectivity index (χ2n) is 9.30. The zero-order valence-corrected chi connectivity index (χ0v) is 17.6. The number of benzene rings is 1. The quantitative estimate of drug-likeness (QED) is 0.598. The molecule has 6 atom stereocenters. The van der Waals surface area contributed by atoms with Gasteiger partial charge >= 0.3 is 6.18 Å². The van der Waals surface area contributed by atoms with Crippen LogP contribution in [0.3, 0.4) is 0 Å². The molecule has 5 aliphatic rings. The minimum absolute atomic E-state index is 0.0283. The Morgan fingerprint density at radius 3 is 2.58 bits per heavy atom. The summed E-state index contributed by atoms with van der Waals surface area (Å²) in [4.78, 5) is 11.6. The fraction of sp³-hybridized carbons (Fsp3) is 0.652. The molecule has 0 unspecified atom stereocenters. The van der Waals surface area contributed by atoms with Crippen LogP contribution in [0.4, 0.5) is 13.2 Å². The molecule has 8 heteroatoms. The molecule has 5 nitrogen and oxygen atoms in total. The summed E-state index contributed by atoms with van der Waals surface area (Å²) in [6.45, 7) is 3.83. The van der Waals surface area contributed by atoms with Crippen LogP contribution >= 0.6 is 0 Å². The van der Waals surface area contributed by atoms with E-state index in [9.17, 15) is 13.2 Å². The molecule has 0 amide bonds. The van der Waals surface area contributed by atoms with E-state index in [4.69, 9.17) is 24.0 Å². The number of halogens is 3. The Morgan fingerprint density at radius 2 is 1.84 bits per heavy atom. The van der Waals surface area contributed by atoms with Crippen LogP contribution in [-0.4, -0.2) is 30.5 Å². The van der Waals surface area contributed by atoms with Gasteiger partial charge in [-0.25, -0.2) is 9.78 Å². The molecule has 0 radical (unpaired) electrons. The summed E-state index contributed by atoms with van der Waals surface area (Å²) in [5.74, 6) is -2.44. The maximum absolute atomic E-state index is 14.1. The predicted octanol–water partition coefficient (Wildman–Crippen LogP) is 5.27. The van der Waals surface area contributed by atoms with Gasteiger partial charge in [0.05, 0.1) is 13.2 Å². The van der Waals surface area contributed by atoms with E-state index in [1.807, 2.05) is 30.3 Å². The van der Waals surface area contributed by atoms with Crippen molar-refractivity contribution in [2.24, 2.45) is 17.8 Å². The molecule has 1 saturated carbocycles. The summed E-state index contributed by atoms with van der Waals surface area (Å²) in [5, 5.41) is 0. The van der Waals surface area contributed by atoms with Crippen molar-refractivity contribution in [3.8, 4) is 0 Å². The predicted molar refractivity (Wildman–Crippen MR) is 103 cm³/mol. The monoisotopic (exact) mass is 440 g/mol. The van der Waals surface area contributed by atoms with Gasteiger partial charge in [0.15, 0.2) is 5.60 Å². The maximum atomic E-state index is 14.1. The lowest BCUT2D eigenvalue weighted by Crippen LogP contribution is -2.67. The lowest BCUT2D eigenvalue weighted by atomic mass is 9.59. The Hall–Kier alpha value is -1.61. The fourth-order valence-corrected chi connectivity index (χ4v) is 5.76. The molecule has 1 aromatic carbocycles. The third-order valence-corrected chi connectivity index (χ3v) is 7.28. The first-order valence-electron chi connectivity index (χ1n) is 10.9. The minimum atomic E-state index is -4.65. The fourth-order valence-electron chi connectivity index (χ4n) is 5.76. The summed E-state index contributed by atoms with van der Waals surface area (Å²) in [6, 6.07) is 9.37. The largest absolute Gasteiger partial charge is 0.456 e. The first-order chi connectivity index (χ1) is 14.7. The lowest BCUT2D eigenvalue weighted by molar-refractivity contribution is -0.557. The van der Waals surface area contributed by atoms with Crippen molar-refractivity contribution in [1.82, 2.24) is 0 Å². The zero-order chi connectivity index (χ0) is 21.9. The minimum Gasteiger partial charge on any atom is -0.456 e. The molecule has 2 bridgehead atoms. The highest BCUT2D eigenvalue weighted by Gasteiger charge is 2.70. The third-order valence-electron chi connectivity index (χ3n) is 7.28. The highest BCUT2D eigenvalue weighted by molar-refractivity contribution is 5.28. The number of hydrogen-bond donors (Lipinski definition) is 0. The van der Waals surface area contributed by atoms with Crippen LogP contribution in [0, 0.1) is 17.8 Å².